The Hall–Kier alpha value is -0.870. The van der Waals surface area contributed by atoms with Gasteiger partial charge in [0.05, 0.1) is 5.69 Å². The van der Waals surface area contributed by atoms with Crippen LogP contribution in [0.1, 0.15) is 18.9 Å². The lowest BCUT2D eigenvalue weighted by Crippen LogP contribution is -2.43. The maximum Gasteiger partial charge on any atom is 0.231 e. The zero-order chi connectivity index (χ0) is 13.1. The van der Waals surface area contributed by atoms with Crippen molar-refractivity contribution in [2.24, 2.45) is 5.92 Å². The molecule has 1 aliphatic heterocycles. The second-order valence-corrected chi connectivity index (χ2v) is 5.76. The highest BCUT2D eigenvalue weighted by Gasteiger charge is 2.24. The predicted octanol–water partition coefficient (Wildman–Crippen LogP) is 2.72. The fourth-order valence-corrected chi connectivity index (χ4v) is 2.92. The molecule has 18 heavy (non-hydrogen) atoms. The van der Waals surface area contributed by atoms with E-state index in [1.807, 2.05) is 17.9 Å². The molecule has 1 aromatic rings. The minimum Gasteiger partial charge on any atom is -0.316 e. The Labute approximate surface area is 117 Å². The number of benzene rings is 1. The van der Waals surface area contributed by atoms with Crippen molar-refractivity contribution in [3.63, 3.8) is 0 Å². The van der Waals surface area contributed by atoms with Crippen LogP contribution >= 0.6 is 15.9 Å². The van der Waals surface area contributed by atoms with E-state index in [9.17, 15) is 4.79 Å². The molecule has 1 heterocycles. The van der Waals surface area contributed by atoms with Gasteiger partial charge in [0.15, 0.2) is 0 Å². The van der Waals surface area contributed by atoms with Crippen molar-refractivity contribution in [2.75, 3.05) is 24.5 Å². The molecule has 3 nitrogen and oxygen atoms in total. The molecular formula is C14H19BrN2O. The number of amides is 1. The molecule has 1 fully saturated rings. The molecular weight excluding hydrogens is 292 g/mol. The molecule has 0 aromatic heterocycles. The number of carbonyl (C=O) groups excluding carboxylic acids is 1. The topological polar surface area (TPSA) is 32.3 Å². The normalized spacial score (nSPS) is 21.6. The van der Waals surface area contributed by atoms with E-state index in [2.05, 4.69) is 40.3 Å². The van der Waals surface area contributed by atoms with Gasteiger partial charge in [-0.2, -0.15) is 0 Å². The molecule has 1 aliphatic rings. The third-order valence-electron chi connectivity index (χ3n) is 3.27. The van der Waals surface area contributed by atoms with Crippen molar-refractivity contribution in [1.82, 2.24) is 5.32 Å². The molecule has 0 bridgehead atoms. The monoisotopic (exact) mass is 310 g/mol. The van der Waals surface area contributed by atoms with E-state index in [0.29, 0.717) is 0 Å². The van der Waals surface area contributed by atoms with Crippen LogP contribution in [0.2, 0.25) is 0 Å². The van der Waals surface area contributed by atoms with Gasteiger partial charge in [0.25, 0.3) is 0 Å². The summed E-state index contributed by atoms with van der Waals surface area (Å²) < 4.78 is 0.997. The number of aryl methyl sites for hydroxylation is 1. The summed E-state index contributed by atoms with van der Waals surface area (Å²) in [4.78, 5) is 14.3. The summed E-state index contributed by atoms with van der Waals surface area (Å²) in [5.74, 6) is 0.227. The van der Waals surface area contributed by atoms with Gasteiger partial charge in [-0.15, -0.1) is 0 Å². The number of nitrogens with zero attached hydrogens (tertiary/aromatic N) is 1. The second kappa shape index (κ2) is 5.85. The van der Waals surface area contributed by atoms with E-state index in [-0.39, 0.29) is 11.8 Å². The first-order valence-corrected chi connectivity index (χ1v) is 7.17. The molecule has 1 N–H and O–H groups in total. The van der Waals surface area contributed by atoms with Crippen LogP contribution in [0, 0.1) is 12.8 Å². The van der Waals surface area contributed by atoms with Gasteiger partial charge in [-0.1, -0.05) is 13.0 Å². The van der Waals surface area contributed by atoms with Crippen molar-refractivity contribution < 1.29 is 4.79 Å². The first kappa shape index (κ1) is 13.6. The number of halogens is 1. The molecule has 1 unspecified atom stereocenters. The first-order valence-electron chi connectivity index (χ1n) is 6.38. The van der Waals surface area contributed by atoms with Gasteiger partial charge in [0.1, 0.15) is 0 Å². The summed E-state index contributed by atoms with van der Waals surface area (Å²) >= 11 is 3.57. The van der Waals surface area contributed by atoms with Gasteiger partial charge in [-0.05, 0) is 53.5 Å². The van der Waals surface area contributed by atoms with Crippen LogP contribution in [0.15, 0.2) is 22.7 Å². The number of anilines is 1. The minimum absolute atomic E-state index is 0.0264. The van der Waals surface area contributed by atoms with E-state index >= 15 is 0 Å². The molecule has 0 radical (unpaired) electrons. The largest absolute Gasteiger partial charge is 0.316 e. The molecule has 1 amide bonds. The SMILES string of the molecule is Cc1ccc(N2CCCNCC(C)C2=O)c(Br)c1. The van der Waals surface area contributed by atoms with Gasteiger partial charge in [0, 0.05) is 23.5 Å². The summed E-state index contributed by atoms with van der Waals surface area (Å²) in [5.41, 5.74) is 2.18. The lowest BCUT2D eigenvalue weighted by atomic mass is 10.1. The Morgan fingerprint density at radius 1 is 1.44 bits per heavy atom. The molecule has 0 saturated carbocycles. The lowest BCUT2D eigenvalue weighted by molar-refractivity contribution is -0.122. The number of hydrogen-bond acceptors (Lipinski definition) is 2. The average molecular weight is 311 g/mol. The number of rotatable bonds is 1. The minimum atomic E-state index is 0.0264. The van der Waals surface area contributed by atoms with E-state index in [4.69, 9.17) is 0 Å². The van der Waals surface area contributed by atoms with Crippen molar-refractivity contribution in [3.05, 3.63) is 28.2 Å². The molecule has 1 aromatic carbocycles. The molecule has 0 spiro atoms. The standard InChI is InChI=1S/C14H19BrN2O/c1-10-4-5-13(12(15)8-10)17-7-3-6-16-9-11(2)14(17)18/h4-5,8,11,16H,3,6-7,9H2,1-2H3. The van der Waals surface area contributed by atoms with Crippen LogP contribution in [0.4, 0.5) is 5.69 Å². The van der Waals surface area contributed by atoms with E-state index in [0.717, 1.165) is 36.2 Å². The van der Waals surface area contributed by atoms with E-state index in [1.54, 1.807) is 0 Å². The van der Waals surface area contributed by atoms with Gasteiger partial charge in [-0.25, -0.2) is 0 Å². The Morgan fingerprint density at radius 3 is 2.94 bits per heavy atom. The highest BCUT2D eigenvalue weighted by molar-refractivity contribution is 9.10. The molecule has 4 heteroatoms. The quantitative estimate of drug-likeness (QED) is 0.865. The average Bonchev–Trinajstić information content (AvgIpc) is 2.32. The Balaban J connectivity index is 2.30. The summed E-state index contributed by atoms with van der Waals surface area (Å²) in [7, 11) is 0. The van der Waals surface area contributed by atoms with Crippen LogP contribution in [-0.2, 0) is 4.79 Å². The second-order valence-electron chi connectivity index (χ2n) is 4.90. The van der Waals surface area contributed by atoms with Crippen molar-refractivity contribution >= 4 is 27.5 Å². The van der Waals surface area contributed by atoms with Crippen molar-refractivity contribution in [2.45, 2.75) is 20.3 Å². The van der Waals surface area contributed by atoms with Crippen molar-refractivity contribution in [3.8, 4) is 0 Å². The molecule has 1 saturated heterocycles. The van der Waals surface area contributed by atoms with Gasteiger partial charge >= 0.3 is 0 Å². The number of nitrogens with one attached hydrogen (secondary N) is 1. The van der Waals surface area contributed by atoms with Crippen LogP contribution in [0.5, 0.6) is 0 Å². The highest BCUT2D eigenvalue weighted by Crippen LogP contribution is 2.28. The maximum absolute atomic E-state index is 12.4. The first-order chi connectivity index (χ1) is 8.59. The highest BCUT2D eigenvalue weighted by atomic mass is 79.9. The van der Waals surface area contributed by atoms with E-state index < -0.39 is 0 Å². The van der Waals surface area contributed by atoms with Gasteiger partial charge in [-0.3, -0.25) is 4.79 Å². The smallest absolute Gasteiger partial charge is 0.231 e. The molecule has 2 rings (SSSR count). The van der Waals surface area contributed by atoms with Crippen molar-refractivity contribution in [1.29, 1.82) is 0 Å². The summed E-state index contributed by atoms with van der Waals surface area (Å²) in [6.07, 6.45) is 0.985. The van der Waals surface area contributed by atoms with Crippen LogP contribution in [-0.4, -0.2) is 25.5 Å². The van der Waals surface area contributed by atoms with Crippen LogP contribution < -0.4 is 10.2 Å². The summed E-state index contributed by atoms with van der Waals surface area (Å²) in [6.45, 7) is 6.54. The molecule has 0 aliphatic carbocycles. The predicted molar refractivity (Wildman–Crippen MR) is 77.9 cm³/mol. The third kappa shape index (κ3) is 2.93. The fourth-order valence-electron chi connectivity index (χ4n) is 2.21. The Kier molecular flexibility index (Phi) is 4.40. The van der Waals surface area contributed by atoms with Gasteiger partial charge in [0.2, 0.25) is 5.91 Å². The summed E-state index contributed by atoms with van der Waals surface area (Å²) in [5, 5.41) is 3.30. The van der Waals surface area contributed by atoms with Gasteiger partial charge < -0.3 is 10.2 Å². The third-order valence-corrected chi connectivity index (χ3v) is 3.90. The Morgan fingerprint density at radius 2 is 2.22 bits per heavy atom. The van der Waals surface area contributed by atoms with Crippen LogP contribution in [0.25, 0.3) is 0 Å². The summed E-state index contributed by atoms with van der Waals surface area (Å²) in [6, 6.07) is 6.14. The lowest BCUT2D eigenvalue weighted by Gasteiger charge is -2.29. The maximum atomic E-state index is 12.4. The fraction of sp³-hybridized carbons (Fsp3) is 0.500. The van der Waals surface area contributed by atoms with E-state index in [1.165, 1.54) is 5.56 Å². The zero-order valence-corrected chi connectivity index (χ0v) is 12.5. The van der Waals surface area contributed by atoms with Crippen LogP contribution in [0.3, 0.4) is 0 Å². The zero-order valence-electron chi connectivity index (χ0n) is 10.9. The molecule has 98 valence electrons. The number of carbonyl (C=O) groups is 1. The number of hydrogen-bond donors (Lipinski definition) is 1. The Bertz CT molecular complexity index is 447. The molecule has 1 atom stereocenters.